The zero-order valence-corrected chi connectivity index (χ0v) is 11.6. The monoisotopic (exact) mass is 255 g/mol. The number of rotatable bonds is 1. The van der Waals surface area contributed by atoms with Crippen LogP contribution in [-0.2, 0) is 10.2 Å². The van der Waals surface area contributed by atoms with Gasteiger partial charge in [0.1, 0.15) is 5.82 Å². The van der Waals surface area contributed by atoms with Gasteiger partial charge >= 0.3 is 0 Å². The molecule has 0 saturated carbocycles. The molecule has 0 saturated heterocycles. The third kappa shape index (κ3) is 1.59. The van der Waals surface area contributed by atoms with Crippen LogP contribution in [0.5, 0.6) is 0 Å². The van der Waals surface area contributed by atoms with Gasteiger partial charge in [0.25, 0.3) is 0 Å². The van der Waals surface area contributed by atoms with Crippen molar-refractivity contribution >= 4 is 11.6 Å². The van der Waals surface area contributed by atoms with Crippen LogP contribution >= 0.6 is 0 Å². The van der Waals surface area contributed by atoms with Crippen LogP contribution in [0.2, 0.25) is 0 Å². The number of nitrogens with one attached hydrogen (secondary N) is 1. The zero-order valence-electron chi connectivity index (χ0n) is 11.6. The number of fused-ring (bicyclic) bond motifs is 1. The van der Waals surface area contributed by atoms with Crippen molar-refractivity contribution in [2.24, 2.45) is 0 Å². The van der Waals surface area contributed by atoms with Crippen molar-refractivity contribution < 1.29 is 4.79 Å². The van der Waals surface area contributed by atoms with E-state index in [4.69, 9.17) is 0 Å². The highest BCUT2D eigenvalue weighted by atomic mass is 16.2. The molecule has 3 rings (SSSR count). The van der Waals surface area contributed by atoms with Gasteiger partial charge in [0.05, 0.1) is 17.3 Å². The van der Waals surface area contributed by atoms with Crippen molar-refractivity contribution in [2.45, 2.75) is 26.2 Å². The average Bonchev–Trinajstić information content (AvgIpc) is 2.88. The molecule has 1 aliphatic heterocycles. The van der Waals surface area contributed by atoms with Crippen LogP contribution < -0.4 is 4.90 Å². The number of hydrogen-bond donors (Lipinski definition) is 1. The molecule has 2 heterocycles. The molecular formula is C15H17N3O. The van der Waals surface area contributed by atoms with Gasteiger partial charge in [-0.3, -0.25) is 4.79 Å². The van der Waals surface area contributed by atoms with Gasteiger partial charge in [-0.1, -0.05) is 12.1 Å². The summed E-state index contributed by atoms with van der Waals surface area (Å²) in [7, 11) is 1.83. The normalized spacial score (nSPS) is 16.8. The molecule has 0 radical (unpaired) electrons. The number of nitrogens with zero attached hydrogens (tertiary/aromatic N) is 2. The number of hydrogen-bond acceptors (Lipinski definition) is 2. The Hall–Kier alpha value is -2.10. The summed E-state index contributed by atoms with van der Waals surface area (Å²) in [6.45, 7) is 5.87. The maximum Gasteiger partial charge on any atom is 0.236 e. The fourth-order valence-corrected chi connectivity index (χ4v) is 2.72. The Morgan fingerprint density at radius 1 is 1.32 bits per heavy atom. The minimum Gasteiger partial charge on any atom is -0.342 e. The highest BCUT2D eigenvalue weighted by Crippen LogP contribution is 2.42. The Morgan fingerprint density at radius 2 is 2.05 bits per heavy atom. The topological polar surface area (TPSA) is 49.0 Å². The second-order valence-corrected chi connectivity index (χ2v) is 5.60. The number of likely N-dealkylation sites (N-methyl/N-ethyl adjacent to an activating group) is 1. The largest absolute Gasteiger partial charge is 0.342 e. The first-order valence-corrected chi connectivity index (χ1v) is 6.36. The van der Waals surface area contributed by atoms with Crippen molar-refractivity contribution in [2.75, 3.05) is 11.9 Å². The molecule has 0 atom stereocenters. The van der Waals surface area contributed by atoms with Gasteiger partial charge in [-0.05, 0) is 32.4 Å². The smallest absolute Gasteiger partial charge is 0.236 e. The summed E-state index contributed by atoms with van der Waals surface area (Å²) in [5, 5.41) is 0. The van der Waals surface area contributed by atoms with Crippen LogP contribution in [-0.4, -0.2) is 22.9 Å². The quantitative estimate of drug-likeness (QED) is 0.851. The number of benzene rings is 1. The zero-order chi connectivity index (χ0) is 13.8. The van der Waals surface area contributed by atoms with E-state index >= 15 is 0 Å². The van der Waals surface area contributed by atoms with Crippen LogP contribution in [0.1, 0.15) is 25.2 Å². The van der Waals surface area contributed by atoms with E-state index in [1.807, 2.05) is 46.1 Å². The number of imidazole rings is 1. The number of H-pyrrole nitrogens is 1. The van der Waals surface area contributed by atoms with Gasteiger partial charge in [0.2, 0.25) is 5.91 Å². The van der Waals surface area contributed by atoms with E-state index in [-0.39, 0.29) is 5.91 Å². The minimum absolute atomic E-state index is 0.139. The number of aromatic amines is 1. The molecule has 0 spiro atoms. The number of aromatic nitrogens is 2. The number of aryl methyl sites for hydroxylation is 1. The van der Waals surface area contributed by atoms with Crippen LogP contribution in [0.3, 0.4) is 0 Å². The fraction of sp³-hybridized carbons (Fsp3) is 0.333. The maximum atomic E-state index is 12.2. The van der Waals surface area contributed by atoms with Gasteiger partial charge in [0.15, 0.2) is 0 Å². The molecule has 1 aromatic heterocycles. The summed E-state index contributed by atoms with van der Waals surface area (Å²) in [4.78, 5) is 21.4. The predicted octanol–water partition coefficient (Wildman–Crippen LogP) is 2.64. The van der Waals surface area contributed by atoms with Crippen LogP contribution in [0.25, 0.3) is 11.3 Å². The molecular weight excluding hydrogens is 238 g/mol. The maximum absolute atomic E-state index is 12.2. The predicted molar refractivity (Wildman–Crippen MR) is 75.2 cm³/mol. The van der Waals surface area contributed by atoms with Crippen molar-refractivity contribution in [3.05, 3.63) is 35.8 Å². The molecule has 1 amide bonds. The Kier molecular flexibility index (Phi) is 2.33. The Balaban J connectivity index is 2.14. The highest BCUT2D eigenvalue weighted by Gasteiger charge is 2.42. The van der Waals surface area contributed by atoms with E-state index in [0.29, 0.717) is 0 Å². The van der Waals surface area contributed by atoms with Crippen LogP contribution in [0.15, 0.2) is 24.4 Å². The second kappa shape index (κ2) is 3.70. The van der Waals surface area contributed by atoms with Crippen molar-refractivity contribution in [1.29, 1.82) is 0 Å². The summed E-state index contributed by atoms with van der Waals surface area (Å²) < 4.78 is 0. The number of anilines is 1. The Bertz CT molecular complexity index is 670. The summed E-state index contributed by atoms with van der Waals surface area (Å²) in [6.07, 6.45) is 1.82. The molecule has 98 valence electrons. The summed E-state index contributed by atoms with van der Waals surface area (Å²) in [5.41, 5.74) is 3.66. The molecule has 0 fully saturated rings. The average molecular weight is 255 g/mol. The molecule has 4 nitrogen and oxygen atoms in total. The van der Waals surface area contributed by atoms with Gasteiger partial charge < -0.3 is 9.88 Å². The SMILES string of the molecule is Cc1ncc(-c2ccc3c(c2)N(C)C(=O)C3(C)C)[nH]1. The lowest BCUT2D eigenvalue weighted by Crippen LogP contribution is -2.33. The first-order chi connectivity index (χ1) is 8.91. The van der Waals surface area contributed by atoms with E-state index in [0.717, 1.165) is 28.3 Å². The van der Waals surface area contributed by atoms with Crippen molar-refractivity contribution in [3.8, 4) is 11.3 Å². The van der Waals surface area contributed by atoms with E-state index in [9.17, 15) is 4.79 Å². The first kappa shape index (κ1) is 12.0. The standard InChI is InChI=1S/C15H17N3O/c1-9-16-8-12(17-9)10-5-6-11-13(7-10)18(4)14(19)15(11,2)3/h5-8H,1-4H3,(H,16,17). The molecule has 1 aromatic carbocycles. The molecule has 4 heteroatoms. The van der Waals surface area contributed by atoms with Crippen LogP contribution in [0, 0.1) is 6.92 Å². The summed E-state index contributed by atoms with van der Waals surface area (Å²) >= 11 is 0. The lowest BCUT2D eigenvalue weighted by Gasteiger charge is -2.16. The summed E-state index contributed by atoms with van der Waals surface area (Å²) in [6, 6.07) is 6.14. The third-order valence-corrected chi connectivity index (χ3v) is 3.89. The molecule has 1 N–H and O–H groups in total. The molecule has 1 aliphatic rings. The number of carbonyl (C=O) groups is 1. The molecule has 0 aliphatic carbocycles. The molecule has 2 aromatic rings. The van der Waals surface area contributed by atoms with Gasteiger partial charge in [-0.25, -0.2) is 4.98 Å². The third-order valence-electron chi connectivity index (χ3n) is 3.89. The Labute approximate surface area is 112 Å². The van der Waals surface area contributed by atoms with E-state index < -0.39 is 5.41 Å². The summed E-state index contributed by atoms with van der Waals surface area (Å²) in [5.74, 6) is 1.03. The van der Waals surface area contributed by atoms with Crippen molar-refractivity contribution in [1.82, 2.24) is 9.97 Å². The highest BCUT2D eigenvalue weighted by molar-refractivity contribution is 6.07. The number of amides is 1. The molecule has 0 bridgehead atoms. The van der Waals surface area contributed by atoms with E-state index in [1.54, 1.807) is 4.90 Å². The van der Waals surface area contributed by atoms with E-state index in [2.05, 4.69) is 16.0 Å². The van der Waals surface area contributed by atoms with Gasteiger partial charge in [0, 0.05) is 18.3 Å². The van der Waals surface area contributed by atoms with Gasteiger partial charge in [-0.15, -0.1) is 0 Å². The van der Waals surface area contributed by atoms with E-state index in [1.165, 1.54) is 0 Å². The fourth-order valence-electron chi connectivity index (χ4n) is 2.72. The lowest BCUT2D eigenvalue weighted by molar-refractivity contribution is -0.121. The van der Waals surface area contributed by atoms with Crippen molar-refractivity contribution in [3.63, 3.8) is 0 Å². The minimum atomic E-state index is -0.438. The van der Waals surface area contributed by atoms with Gasteiger partial charge in [-0.2, -0.15) is 0 Å². The second-order valence-electron chi connectivity index (χ2n) is 5.60. The van der Waals surface area contributed by atoms with Crippen LogP contribution in [0.4, 0.5) is 5.69 Å². The molecule has 19 heavy (non-hydrogen) atoms. The molecule has 0 unspecified atom stereocenters. The lowest BCUT2D eigenvalue weighted by atomic mass is 9.86. The Morgan fingerprint density at radius 3 is 2.68 bits per heavy atom. The first-order valence-electron chi connectivity index (χ1n) is 6.36. The number of carbonyl (C=O) groups excluding carboxylic acids is 1.